The van der Waals surface area contributed by atoms with E-state index in [4.69, 9.17) is 0 Å². The fourth-order valence-corrected chi connectivity index (χ4v) is 7.00. The zero-order valence-corrected chi connectivity index (χ0v) is 29.7. The average Bonchev–Trinajstić information content (AvgIpc) is 3.38. The van der Waals surface area contributed by atoms with Crippen molar-refractivity contribution >= 4 is 23.9 Å². The molecule has 0 fully saturated rings. The highest BCUT2D eigenvalue weighted by molar-refractivity contribution is 5.82. The van der Waals surface area contributed by atoms with Gasteiger partial charge in [-0.25, -0.2) is 0 Å². The van der Waals surface area contributed by atoms with Gasteiger partial charge in [-0.2, -0.15) is 0 Å². The van der Waals surface area contributed by atoms with Crippen LogP contribution in [0.25, 0.3) is 11.1 Å². The van der Waals surface area contributed by atoms with Crippen LogP contribution < -0.4 is 9.80 Å². The maximum Gasteiger partial charge on any atom is 0.150 e. The molecule has 47 heavy (non-hydrogen) atoms. The Kier molecular flexibility index (Phi) is 9.82. The van der Waals surface area contributed by atoms with Crippen LogP contribution in [0.5, 0.6) is 0 Å². The van der Waals surface area contributed by atoms with Gasteiger partial charge in [-0.15, -0.1) is 0 Å². The maximum atomic E-state index is 11.3. The molecule has 0 N–H and O–H groups in total. The molecule has 0 aromatic heterocycles. The number of hydrogen-bond acceptors (Lipinski definition) is 4. The first kappa shape index (κ1) is 34.2. The third-order valence-corrected chi connectivity index (χ3v) is 11.4. The summed E-state index contributed by atoms with van der Waals surface area (Å²) in [6.07, 6.45) is 5.84. The Bertz CT molecular complexity index is 1590. The van der Waals surface area contributed by atoms with Crippen LogP contribution >= 0.6 is 0 Å². The molecule has 4 aromatic carbocycles. The lowest BCUT2D eigenvalue weighted by Gasteiger charge is -2.37. The Balaban J connectivity index is 1.65. The first-order valence-corrected chi connectivity index (χ1v) is 17.2. The molecule has 1 aliphatic rings. The van der Waals surface area contributed by atoms with Crippen molar-refractivity contribution in [2.24, 2.45) is 0 Å². The summed E-state index contributed by atoms with van der Waals surface area (Å²) in [7, 11) is 4.32. The summed E-state index contributed by atoms with van der Waals surface area (Å²) < 4.78 is 0. The van der Waals surface area contributed by atoms with Crippen LogP contribution in [0.1, 0.15) is 110 Å². The molecule has 5 rings (SSSR count). The van der Waals surface area contributed by atoms with Crippen molar-refractivity contribution in [1.29, 1.82) is 0 Å². The summed E-state index contributed by atoms with van der Waals surface area (Å²) in [5.41, 5.74) is 11.9. The normalized spacial score (nSPS) is 13.5. The highest BCUT2D eigenvalue weighted by Gasteiger charge is 2.44. The minimum Gasteiger partial charge on any atom is -0.375 e. The number of nitrogens with zero attached hydrogens (tertiary/aromatic N) is 2. The Labute approximate surface area is 282 Å². The van der Waals surface area contributed by atoms with Gasteiger partial charge in [0.15, 0.2) is 0 Å². The minimum atomic E-state index is -0.210. The van der Waals surface area contributed by atoms with Crippen LogP contribution in [-0.2, 0) is 16.2 Å². The van der Waals surface area contributed by atoms with Crippen molar-refractivity contribution in [3.63, 3.8) is 0 Å². The number of aldehydes is 2. The molecule has 246 valence electrons. The van der Waals surface area contributed by atoms with Crippen molar-refractivity contribution < 1.29 is 9.59 Å². The summed E-state index contributed by atoms with van der Waals surface area (Å²) in [5.74, 6) is 0. The van der Waals surface area contributed by atoms with E-state index in [0.717, 1.165) is 62.7 Å². The fraction of sp³-hybridized carbons (Fsp3) is 0.395. The number of fused-ring (bicyclic) bond motifs is 3. The molecule has 0 bridgehead atoms. The lowest BCUT2D eigenvalue weighted by Crippen LogP contribution is -2.36. The second-order valence-corrected chi connectivity index (χ2v) is 14.8. The quantitative estimate of drug-likeness (QED) is 0.130. The van der Waals surface area contributed by atoms with Gasteiger partial charge in [-0.3, -0.25) is 9.59 Å². The first-order valence-electron chi connectivity index (χ1n) is 17.2. The predicted octanol–water partition coefficient (Wildman–Crippen LogP) is 10.0. The molecule has 0 aliphatic heterocycles. The van der Waals surface area contributed by atoms with E-state index in [-0.39, 0.29) is 16.2 Å². The van der Waals surface area contributed by atoms with Gasteiger partial charge in [0.05, 0.1) is 0 Å². The van der Waals surface area contributed by atoms with Gasteiger partial charge in [-0.1, -0.05) is 77.9 Å². The van der Waals surface area contributed by atoms with E-state index in [1.165, 1.54) is 33.4 Å². The molecular formula is C43H52N2O2. The van der Waals surface area contributed by atoms with E-state index in [9.17, 15) is 9.59 Å². The van der Waals surface area contributed by atoms with Crippen LogP contribution in [0.3, 0.4) is 0 Å². The van der Waals surface area contributed by atoms with E-state index >= 15 is 0 Å². The molecule has 0 amide bonds. The molecule has 0 heterocycles. The Morgan fingerprint density at radius 2 is 0.936 bits per heavy atom. The smallest absolute Gasteiger partial charge is 0.150 e. The van der Waals surface area contributed by atoms with Crippen molar-refractivity contribution in [2.75, 3.05) is 37.0 Å². The molecule has 0 radical (unpaired) electrons. The fourth-order valence-electron chi connectivity index (χ4n) is 7.00. The lowest BCUT2D eigenvalue weighted by molar-refractivity contribution is 0.111. The molecule has 4 nitrogen and oxygen atoms in total. The van der Waals surface area contributed by atoms with E-state index < -0.39 is 0 Å². The highest BCUT2D eigenvalue weighted by atomic mass is 16.1. The van der Waals surface area contributed by atoms with Crippen LogP contribution in [0.4, 0.5) is 11.4 Å². The third-order valence-electron chi connectivity index (χ3n) is 11.4. The number of rotatable bonds is 14. The van der Waals surface area contributed by atoms with Gasteiger partial charge in [0.25, 0.3) is 0 Å². The van der Waals surface area contributed by atoms with E-state index in [1.54, 1.807) is 0 Å². The van der Waals surface area contributed by atoms with Gasteiger partial charge >= 0.3 is 0 Å². The molecule has 4 heteroatoms. The monoisotopic (exact) mass is 628 g/mol. The second kappa shape index (κ2) is 13.5. The number of benzene rings is 4. The van der Waals surface area contributed by atoms with Gasteiger partial charge in [-0.05, 0) is 118 Å². The molecule has 0 saturated carbocycles. The van der Waals surface area contributed by atoms with Crippen LogP contribution in [0.15, 0.2) is 84.9 Å². The zero-order chi connectivity index (χ0) is 34.0. The molecule has 4 aromatic rings. The van der Waals surface area contributed by atoms with Crippen molar-refractivity contribution in [1.82, 2.24) is 0 Å². The number of carbonyl (C=O) groups is 2. The molecule has 0 unspecified atom stereocenters. The van der Waals surface area contributed by atoms with E-state index in [0.29, 0.717) is 11.1 Å². The summed E-state index contributed by atoms with van der Waals surface area (Å²) in [6.45, 7) is 15.7. The zero-order valence-electron chi connectivity index (χ0n) is 29.7. The van der Waals surface area contributed by atoms with Gasteiger partial charge < -0.3 is 9.80 Å². The third kappa shape index (κ3) is 6.66. The molecule has 0 saturated heterocycles. The summed E-state index contributed by atoms with van der Waals surface area (Å²) in [6, 6.07) is 30.3. The standard InChI is InChI=1S/C43H52N2O2/c1-9-41(3,4)33-15-21-37-38-22-16-34(42(5,6)10-2)28-40(38)43(39(37)27-33,23-25-44(7)35-17-11-31(29-46)12-18-35)24-26-45(8)36-19-13-32(30-47)14-20-36/h11-22,27-30H,9-10,23-26H2,1-8H3. The average molecular weight is 629 g/mol. The Hall–Kier alpha value is -4.18. The highest BCUT2D eigenvalue weighted by Crippen LogP contribution is 2.55. The number of anilines is 2. The first-order chi connectivity index (χ1) is 22.4. The number of carbonyl (C=O) groups excluding carboxylic acids is 2. The lowest BCUT2D eigenvalue weighted by atomic mass is 9.70. The molecular weight excluding hydrogens is 576 g/mol. The van der Waals surface area contributed by atoms with Crippen molar-refractivity contribution in [3.05, 3.63) is 118 Å². The van der Waals surface area contributed by atoms with Gasteiger partial charge in [0, 0.05) is 55.1 Å². The summed E-state index contributed by atoms with van der Waals surface area (Å²) >= 11 is 0. The van der Waals surface area contributed by atoms with Crippen LogP contribution in [0, 0.1) is 0 Å². The molecule has 1 aliphatic carbocycles. The van der Waals surface area contributed by atoms with Crippen molar-refractivity contribution in [2.45, 2.75) is 83.5 Å². The van der Waals surface area contributed by atoms with E-state index in [1.807, 2.05) is 48.5 Å². The molecule has 0 spiro atoms. The van der Waals surface area contributed by atoms with Crippen LogP contribution in [0.2, 0.25) is 0 Å². The topological polar surface area (TPSA) is 40.6 Å². The Morgan fingerprint density at radius 1 is 0.574 bits per heavy atom. The SMILES string of the molecule is CCC(C)(C)c1ccc2c(c1)C(CCN(C)c1ccc(C=O)cc1)(CCN(C)c1ccc(C=O)cc1)c1cc(C(C)(C)CC)ccc1-2. The van der Waals surface area contributed by atoms with Crippen LogP contribution in [-0.4, -0.2) is 39.8 Å². The number of hydrogen-bond donors (Lipinski definition) is 0. The summed E-state index contributed by atoms with van der Waals surface area (Å²) in [4.78, 5) is 27.3. The second-order valence-electron chi connectivity index (χ2n) is 14.8. The van der Waals surface area contributed by atoms with Crippen molar-refractivity contribution in [3.8, 4) is 11.1 Å². The summed E-state index contributed by atoms with van der Waals surface area (Å²) in [5, 5.41) is 0. The minimum absolute atomic E-state index is 0.0686. The largest absolute Gasteiger partial charge is 0.375 e. The van der Waals surface area contributed by atoms with Gasteiger partial charge in [0.2, 0.25) is 0 Å². The van der Waals surface area contributed by atoms with Gasteiger partial charge in [0.1, 0.15) is 12.6 Å². The van der Waals surface area contributed by atoms with E-state index in [2.05, 4.69) is 102 Å². The molecule has 0 atom stereocenters. The Morgan fingerprint density at radius 3 is 1.26 bits per heavy atom. The maximum absolute atomic E-state index is 11.3. The predicted molar refractivity (Wildman–Crippen MR) is 199 cm³/mol.